The zero-order valence-corrected chi connectivity index (χ0v) is 8.45. The summed E-state index contributed by atoms with van der Waals surface area (Å²) in [5.41, 5.74) is 8.04. The molecule has 0 fully saturated rings. The third-order valence-corrected chi connectivity index (χ3v) is 2.19. The van der Waals surface area contributed by atoms with E-state index in [4.69, 9.17) is 10.5 Å². The van der Waals surface area contributed by atoms with Crippen molar-refractivity contribution in [3.63, 3.8) is 0 Å². The quantitative estimate of drug-likeness (QED) is 0.723. The van der Waals surface area contributed by atoms with E-state index in [0.29, 0.717) is 5.92 Å². The molecular formula is C11H17NO. The van der Waals surface area contributed by atoms with Crippen LogP contribution in [0.25, 0.3) is 0 Å². The van der Waals surface area contributed by atoms with Gasteiger partial charge in [-0.1, -0.05) is 38.1 Å². The molecule has 72 valence electrons. The lowest BCUT2D eigenvalue weighted by atomic mass is 10.0. The average molecular weight is 179 g/mol. The molecule has 0 aliphatic heterocycles. The second-order valence-electron chi connectivity index (χ2n) is 3.48. The molecule has 1 rings (SSSR count). The molecule has 1 unspecified atom stereocenters. The van der Waals surface area contributed by atoms with Crippen LogP contribution in [0.3, 0.4) is 0 Å². The van der Waals surface area contributed by atoms with E-state index in [-0.39, 0.29) is 6.23 Å². The molecule has 0 heterocycles. The number of hydrogen-bond donors (Lipinski definition) is 1. The lowest BCUT2D eigenvalue weighted by molar-refractivity contribution is 0.109. The molecule has 0 saturated heterocycles. The molecule has 2 heteroatoms. The first kappa shape index (κ1) is 10.2. The van der Waals surface area contributed by atoms with Crippen LogP contribution in [0.2, 0.25) is 0 Å². The van der Waals surface area contributed by atoms with E-state index in [9.17, 15) is 0 Å². The number of nitrogens with two attached hydrogens (primary N) is 1. The Morgan fingerprint density at radius 2 is 1.54 bits per heavy atom. The van der Waals surface area contributed by atoms with Crippen LogP contribution in [-0.2, 0) is 4.74 Å². The molecule has 0 aromatic heterocycles. The third-order valence-electron chi connectivity index (χ3n) is 2.19. The third kappa shape index (κ3) is 2.54. The Labute approximate surface area is 79.7 Å². The van der Waals surface area contributed by atoms with E-state index in [1.165, 1.54) is 5.56 Å². The normalized spacial score (nSPS) is 13.3. The van der Waals surface area contributed by atoms with Crippen molar-refractivity contribution in [3.05, 3.63) is 35.4 Å². The molecule has 0 bridgehead atoms. The van der Waals surface area contributed by atoms with Gasteiger partial charge >= 0.3 is 0 Å². The molecule has 1 aromatic carbocycles. The zero-order valence-electron chi connectivity index (χ0n) is 8.45. The molecular weight excluding hydrogens is 162 g/mol. The maximum atomic E-state index is 5.70. The Balaban J connectivity index is 2.81. The maximum absolute atomic E-state index is 5.70. The van der Waals surface area contributed by atoms with Crippen LogP contribution < -0.4 is 5.73 Å². The van der Waals surface area contributed by atoms with Gasteiger partial charge in [-0.25, -0.2) is 0 Å². The summed E-state index contributed by atoms with van der Waals surface area (Å²) in [4.78, 5) is 0. The van der Waals surface area contributed by atoms with Crippen LogP contribution >= 0.6 is 0 Å². The molecule has 0 aliphatic rings. The minimum Gasteiger partial charge on any atom is -0.363 e. The molecule has 1 atom stereocenters. The summed E-state index contributed by atoms with van der Waals surface area (Å²) in [6, 6.07) is 8.23. The van der Waals surface area contributed by atoms with Gasteiger partial charge in [0.15, 0.2) is 0 Å². The summed E-state index contributed by atoms with van der Waals surface area (Å²) in [7, 11) is 1.61. The summed E-state index contributed by atoms with van der Waals surface area (Å²) in [5, 5.41) is 0. The topological polar surface area (TPSA) is 35.2 Å². The van der Waals surface area contributed by atoms with Gasteiger partial charge in [-0.3, -0.25) is 0 Å². The second kappa shape index (κ2) is 4.40. The summed E-state index contributed by atoms with van der Waals surface area (Å²) < 4.78 is 5.01. The smallest absolute Gasteiger partial charge is 0.131 e. The first-order chi connectivity index (χ1) is 6.15. The van der Waals surface area contributed by atoms with E-state index in [1.54, 1.807) is 7.11 Å². The van der Waals surface area contributed by atoms with Crippen molar-refractivity contribution in [2.24, 2.45) is 5.73 Å². The Morgan fingerprint density at radius 3 is 1.92 bits per heavy atom. The summed E-state index contributed by atoms with van der Waals surface area (Å²) >= 11 is 0. The molecule has 2 nitrogen and oxygen atoms in total. The van der Waals surface area contributed by atoms with E-state index in [2.05, 4.69) is 26.0 Å². The van der Waals surface area contributed by atoms with Gasteiger partial charge in [0.25, 0.3) is 0 Å². The molecule has 0 aliphatic carbocycles. The average Bonchev–Trinajstić information content (AvgIpc) is 2.17. The summed E-state index contributed by atoms with van der Waals surface area (Å²) in [6.45, 7) is 4.34. The molecule has 0 radical (unpaired) electrons. The number of rotatable bonds is 3. The van der Waals surface area contributed by atoms with Crippen molar-refractivity contribution in [1.82, 2.24) is 0 Å². The Hall–Kier alpha value is -0.860. The molecule has 0 amide bonds. The van der Waals surface area contributed by atoms with Crippen LogP contribution in [0.5, 0.6) is 0 Å². The van der Waals surface area contributed by atoms with Gasteiger partial charge in [0.1, 0.15) is 6.23 Å². The Kier molecular flexibility index (Phi) is 3.46. The summed E-state index contributed by atoms with van der Waals surface area (Å²) in [5.74, 6) is 0.563. The minimum absolute atomic E-state index is 0.304. The second-order valence-corrected chi connectivity index (χ2v) is 3.48. The van der Waals surface area contributed by atoms with Crippen molar-refractivity contribution >= 4 is 0 Å². The van der Waals surface area contributed by atoms with Crippen LogP contribution in [0.15, 0.2) is 24.3 Å². The van der Waals surface area contributed by atoms with Crippen molar-refractivity contribution in [1.29, 1.82) is 0 Å². The fraction of sp³-hybridized carbons (Fsp3) is 0.455. The highest BCUT2D eigenvalue weighted by atomic mass is 16.5. The van der Waals surface area contributed by atoms with Crippen LogP contribution in [0.4, 0.5) is 0 Å². The Bertz CT molecular complexity index is 253. The van der Waals surface area contributed by atoms with E-state index < -0.39 is 0 Å². The van der Waals surface area contributed by atoms with Crippen LogP contribution in [0.1, 0.15) is 37.1 Å². The predicted octanol–water partition coefficient (Wildman–Crippen LogP) is 2.41. The lowest BCUT2D eigenvalue weighted by Gasteiger charge is -2.11. The van der Waals surface area contributed by atoms with Gasteiger partial charge in [-0.05, 0) is 17.0 Å². The highest BCUT2D eigenvalue weighted by molar-refractivity contribution is 5.25. The van der Waals surface area contributed by atoms with Crippen molar-refractivity contribution in [2.75, 3.05) is 7.11 Å². The van der Waals surface area contributed by atoms with E-state index >= 15 is 0 Å². The van der Waals surface area contributed by atoms with Crippen LogP contribution in [-0.4, -0.2) is 7.11 Å². The molecule has 0 spiro atoms. The Morgan fingerprint density at radius 1 is 1.08 bits per heavy atom. The van der Waals surface area contributed by atoms with Gasteiger partial charge in [0, 0.05) is 7.11 Å². The zero-order chi connectivity index (χ0) is 9.84. The lowest BCUT2D eigenvalue weighted by Crippen LogP contribution is -2.11. The highest BCUT2D eigenvalue weighted by Crippen LogP contribution is 2.17. The fourth-order valence-corrected chi connectivity index (χ4v) is 1.21. The van der Waals surface area contributed by atoms with Crippen molar-refractivity contribution in [2.45, 2.75) is 26.0 Å². The van der Waals surface area contributed by atoms with Gasteiger partial charge in [0.05, 0.1) is 0 Å². The van der Waals surface area contributed by atoms with E-state index in [0.717, 1.165) is 5.56 Å². The highest BCUT2D eigenvalue weighted by Gasteiger charge is 2.04. The fourth-order valence-electron chi connectivity index (χ4n) is 1.21. The summed E-state index contributed by atoms with van der Waals surface area (Å²) in [6.07, 6.45) is -0.304. The number of hydrogen-bond acceptors (Lipinski definition) is 2. The van der Waals surface area contributed by atoms with Crippen molar-refractivity contribution in [3.8, 4) is 0 Å². The largest absolute Gasteiger partial charge is 0.363 e. The maximum Gasteiger partial charge on any atom is 0.131 e. The van der Waals surface area contributed by atoms with E-state index in [1.807, 2.05) is 12.1 Å². The van der Waals surface area contributed by atoms with Gasteiger partial charge in [-0.2, -0.15) is 0 Å². The monoisotopic (exact) mass is 179 g/mol. The van der Waals surface area contributed by atoms with Gasteiger partial charge in [-0.15, -0.1) is 0 Å². The molecule has 13 heavy (non-hydrogen) atoms. The van der Waals surface area contributed by atoms with Crippen LogP contribution in [0, 0.1) is 0 Å². The van der Waals surface area contributed by atoms with Gasteiger partial charge < -0.3 is 10.5 Å². The molecule has 1 aromatic rings. The molecule has 2 N–H and O–H groups in total. The number of ether oxygens (including phenoxy) is 1. The first-order valence-electron chi connectivity index (χ1n) is 4.53. The standard InChI is InChI=1S/C11H17NO/c1-8(2)9-4-6-10(7-5-9)11(12)13-3/h4-8,11H,12H2,1-3H3. The minimum atomic E-state index is -0.304. The van der Waals surface area contributed by atoms with Crippen molar-refractivity contribution < 1.29 is 4.74 Å². The number of benzene rings is 1. The first-order valence-corrected chi connectivity index (χ1v) is 4.53. The SMILES string of the molecule is COC(N)c1ccc(C(C)C)cc1. The molecule has 0 saturated carbocycles. The number of methoxy groups -OCH3 is 1. The van der Waals surface area contributed by atoms with Gasteiger partial charge in [0.2, 0.25) is 0 Å². The predicted molar refractivity (Wildman–Crippen MR) is 54.5 cm³/mol.